The normalized spacial score (nSPS) is 12.4. The maximum absolute atomic E-state index is 12.0. The Balaban J connectivity index is 2.13. The van der Waals surface area contributed by atoms with Crippen molar-refractivity contribution >= 4 is 21.8 Å². The number of furan rings is 1. The molecule has 0 aliphatic rings. The number of aromatic nitrogens is 1. The van der Waals surface area contributed by atoms with E-state index in [0.29, 0.717) is 11.5 Å². The molecule has 2 heterocycles. The third-order valence-corrected chi connectivity index (χ3v) is 3.01. The number of halogens is 1. The van der Waals surface area contributed by atoms with Gasteiger partial charge in [0.05, 0.1) is 12.9 Å². The highest BCUT2D eigenvalue weighted by Gasteiger charge is 2.19. The second-order valence-electron chi connectivity index (χ2n) is 3.88. The van der Waals surface area contributed by atoms with Crippen molar-refractivity contribution in [2.24, 2.45) is 7.05 Å². The molecular weight excluding hydrogens is 300 g/mol. The minimum atomic E-state index is -0.541. The van der Waals surface area contributed by atoms with Crippen LogP contribution >= 0.6 is 15.9 Å². The summed E-state index contributed by atoms with van der Waals surface area (Å²) in [6.07, 6.45) is 3.29. The standard InChI is InChI=1S/C12H13BrN2O3/c1-15-6-8(13)5-10(15)12(17)14-9(7-16)11-3-2-4-18-11/h2-6,9,16H,7H2,1H3,(H,14,17). The predicted molar refractivity (Wildman–Crippen MR) is 69.1 cm³/mol. The average Bonchev–Trinajstić information content (AvgIpc) is 2.95. The molecule has 18 heavy (non-hydrogen) atoms. The van der Waals surface area contributed by atoms with E-state index >= 15 is 0 Å². The van der Waals surface area contributed by atoms with Crippen LogP contribution in [0.4, 0.5) is 0 Å². The van der Waals surface area contributed by atoms with Gasteiger partial charge in [0.1, 0.15) is 17.5 Å². The van der Waals surface area contributed by atoms with Crippen LogP contribution in [0.3, 0.4) is 0 Å². The molecular formula is C12H13BrN2O3. The van der Waals surface area contributed by atoms with Crippen LogP contribution in [0.5, 0.6) is 0 Å². The molecule has 0 fully saturated rings. The predicted octanol–water partition coefficient (Wildman–Crippen LogP) is 1.84. The minimum Gasteiger partial charge on any atom is -0.467 e. The quantitative estimate of drug-likeness (QED) is 0.905. The molecule has 0 spiro atoms. The Kier molecular flexibility index (Phi) is 3.88. The highest BCUT2D eigenvalue weighted by Crippen LogP contribution is 2.16. The molecule has 0 aromatic carbocycles. The van der Waals surface area contributed by atoms with Crippen molar-refractivity contribution < 1.29 is 14.3 Å². The average molecular weight is 313 g/mol. The van der Waals surface area contributed by atoms with E-state index in [9.17, 15) is 9.90 Å². The van der Waals surface area contributed by atoms with Crippen molar-refractivity contribution in [3.63, 3.8) is 0 Å². The van der Waals surface area contributed by atoms with Crippen LogP contribution in [0.25, 0.3) is 0 Å². The maximum atomic E-state index is 12.0. The number of carbonyl (C=O) groups is 1. The second-order valence-corrected chi connectivity index (χ2v) is 4.79. The van der Waals surface area contributed by atoms with E-state index in [2.05, 4.69) is 21.2 Å². The fraction of sp³-hybridized carbons (Fsp3) is 0.250. The molecule has 0 aliphatic carbocycles. The Bertz CT molecular complexity index is 534. The fourth-order valence-corrected chi connectivity index (χ4v) is 2.20. The van der Waals surface area contributed by atoms with Gasteiger partial charge in [0.15, 0.2) is 0 Å². The third kappa shape index (κ3) is 2.65. The number of aryl methyl sites for hydroxylation is 1. The van der Waals surface area contributed by atoms with Crippen LogP contribution in [0.2, 0.25) is 0 Å². The van der Waals surface area contributed by atoms with Crippen LogP contribution in [0.15, 0.2) is 39.5 Å². The summed E-state index contributed by atoms with van der Waals surface area (Å²) in [6, 6.07) is 4.60. The molecule has 0 bridgehead atoms. The summed E-state index contributed by atoms with van der Waals surface area (Å²) in [6.45, 7) is -0.217. The molecule has 6 heteroatoms. The van der Waals surface area contributed by atoms with Crippen molar-refractivity contribution in [3.05, 3.63) is 46.6 Å². The molecule has 0 aliphatic heterocycles. The summed E-state index contributed by atoms with van der Waals surface area (Å²) in [7, 11) is 1.78. The van der Waals surface area contributed by atoms with E-state index < -0.39 is 6.04 Å². The maximum Gasteiger partial charge on any atom is 0.268 e. The molecule has 1 amide bonds. The van der Waals surface area contributed by atoms with Gasteiger partial charge in [-0.3, -0.25) is 4.79 Å². The lowest BCUT2D eigenvalue weighted by Crippen LogP contribution is -2.31. The largest absolute Gasteiger partial charge is 0.467 e. The van der Waals surface area contributed by atoms with Gasteiger partial charge >= 0.3 is 0 Å². The highest BCUT2D eigenvalue weighted by atomic mass is 79.9. The lowest BCUT2D eigenvalue weighted by atomic mass is 10.2. The lowest BCUT2D eigenvalue weighted by Gasteiger charge is -2.14. The summed E-state index contributed by atoms with van der Waals surface area (Å²) in [5.74, 6) is 0.262. The van der Waals surface area contributed by atoms with Crippen molar-refractivity contribution in [2.75, 3.05) is 6.61 Å². The smallest absolute Gasteiger partial charge is 0.268 e. The van der Waals surface area contributed by atoms with Gasteiger partial charge in [-0.15, -0.1) is 0 Å². The van der Waals surface area contributed by atoms with Gasteiger partial charge in [-0.25, -0.2) is 0 Å². The van der Waals surface area contributed by atoms with E-state index in [1.807, 2.05) is 0 Å². The topological polar surface area (TPSA) is 67.4 Å². The minimum absolute atomic E-state index is 0.217. The molecule has 1 atom stereocenters. The molecule has 0 radical (unpaired) electrons. The molecule has 5 nitrogen and oxygen atoms in total. The van der Waals surface area contributed by atoms with Crippen LogP contribution in [-0.4, -0.2) is 22.2 Å². The first kappa shape index (κ1) is 12.9. The number of aliphatic hydroxyl groups is 1. The first-order chi connectivity index (χ1) is 8.61. The third-order valence-electron chi connectivity index (χ3n) is 2.58. The molecule has 2 aromatic heterocycles. The van der Waals surface area contributed by atoms with Gasteiger partial charge in [-0.1, -0.05) is 0 Å². The fourth-order valence-electron chi connectivity index (χ4n) is 1.68. The summed E-state index contributed by atoms with van der Waals surface area (Å²) in [5.41, 5.74) is 0.506. The monoisotopic (exact) mass is 312 g/mol. The summed E-state index contributed by atoms with van der Waals surface area (Å²) < 4.78 is 7.70. The van der Waals surface area contributed by atoms with Gasteiger partial charge in [-0.05, 0) is 34.1 Å². The number of nitrogens with one attached hydrogen (secondary N) is 1. The van der Waals surface area contributed by atoms with E-state index in [4.69, 9.17) is 4.42 Å². The number of hydrogen-bond acceptors (Lipinski definition) is 3. The molecule has 0 saturated heterocycles. The van der Waals surface area contributed by atoms with Crippen LogP contribution in [-0.2, 0) is 7.05 Å². The summed E-state index contributed by atoms with van der Waals surface area (Å²) in [5, 5.41) is 12.0. The van der Waals surface area contributed by atoms with E-state index in [1.165, 1.54) is 6.26 Å². The number of amides is 1. The van der Waals surface area contributed by atoms with Gasteiger partial charge in [-0.2, -0.15) is 0 Å². The van der Waals surface area contributed by atoms with Gasteiger partial charge < -0.3 is 19.4 Å². The number of rotatable bonds is 4. The first-order valence-electron chi connectivity index (χ1n) is 5.39. The van der Waals surface area contributed by atoms with Crippen molar-refractivity contribution in [1.82, 2.24) is 9.88 Å². The van der Waals surface area contributed by atoms with Crippen LogP contribution in [0, 0.1) is 0 Å². The molecule has 0 saturated carbocycles. The van der Waals surface area contributed by atoms with Gasteiger partial charge in [0.25, 0.3) is 5.91 Å². The molecule has 2 rings (SSSR count). The SMILES string of the molecule is Cn1cc(Br)cc1C(=O)NC(CO)c1ccco1. The summed E-state index contributed by atoms with van der Waals surface area (Å²) >= 11 is 3.30. The van der Waals surface area contributed by atoms with Crippen molar-refractivity contribution in [1.29, 1.82) is 0 Å². The Labute approximate surface area is 113 Å². The Morgan fingerprint density at radius 2 is 2.44 bits per heavy atom. The zero-order valence-electron chi connectivity index (χ0n) is 9.76. The second kappa shape index (κ2) is 5.41. The van der Waals surface area contributed by atoms with E-state index in [-0.39, 0.29) is 12.5 Å². The number of hydrogen-bond donors (Lipinski definition) is 2. The van der Waals surface area contributed by atoms with Crippen molar-refractivity contribution in [3.8, 4) is 0 Å². The molecule has 2 aromatic rings. The number of nitrogens with zero attached hydrogens (tertiary/aromatic N) is 1. The van der Waals surface area contributed by atoms with Gasteiger partial charge in [0.2, 0.25) is 0 Å². The zero-order chi connectivity index (χ0) is 13.1. The lowest BCUT2D eigenvalue weighted by molar-refractivity contribution is 0.0899. The number of aliphatic hydroxyl groups excluding tert-OH is 1. The van der Waals surface area contributed by atoms with Crippen molar-refractivity contribution in [2.45, 2.75) is 6.04 Å². The van der Waals surface area contributed by atoms with E-state index in [0.717, 1.165) is 4.47 Å². The van der Waals surface area contributed by atoms with Gasteiger partial charge in [0, 0.05) is 17.7 Å². The molecule has 96 valence electrons. The first-order valence-corrected chi connectivity index (χ1v) is 6.18. The zero-order valence-corrected chi connectivity index (χ0v) is 11.3. The summed E-state index contributed by atoms with van der Waals surface area (Å²) in [4.78, 5) is 12.0. The molecule has 2 N–H and O–H groups in total. The Morgan fingerprint density at radius 3 is 2.94 bits per heavy atom. The van der Waals surface area contributed by atoms with Crippen LogP contribution < -0.4 is 5.32 Å². The van der Waals surface area contributed by atoms with Crippen LogP contribution in [0.1, 0.15) is 22.3 Å². The molecule has 1 unspecified atom stereocenters. The Morgan fingerprint density at radius 1 is 1.67 bits per heavy atom. The highest BCUT2D eigenvalue weighted by molar-refractivity contribution is 9.10. The number of carbonyl (C=O) groups excluding carboxylic acids is 1. The van der Waals surface area contributed by atoms with E-state index in [1.54, 1.807) is 36.0 Å². The Hall–Kier alpha value is -1.53.